The highest BCUT2D eigenvalue weighted by Crippen LogP contribution is 2.37. The van der Waals surface area contributed by atoms with Crippen LogP contribution in [-0.2, 0) is 4.74 Å². The van der Waals surface area contributed by atoms with Gasteiger partial charge in [0.05, 0.1) is 18.1 Å². The van der Waals surface area contributed by atoms with E-state index in [-0.39, 0.29) is 11.5 Å². The Kier molecular flexibility index (Phi) is 2.61. The average Bonchev–Trinajstić information content (AvgIpc) is 1.90. The predicted molar refractivity (Wildman–Crippen MR) is 43.8 cm³/mol. The van der Waals surface area contributed by atoms with Crippen molar-refractivity contribution >= 4 is 23.2 Å². The highest BCUT2D eigenvalue weighted by Gasteiger charge is 2.45. The van der Waals surface area contributed by atoms with Crippen molar-refractivity contribution in [2.24, 2.45) is 5.41 Å². The molecule has 0 saturated carbocycles. The van der Waals surface area contributed by atoms with Gasteiger partial charge in [-0.3, -0.25) is 0 Å². The van der Waals surface area contributed by atoms with Crippen molar-refractivity contribution in [3.63, 3.8) is 0 Å². The molecular formula is C7H10Cl2O. The van der Waals surface area contributed by atoms with Crippen LogP contribution in [-0.4, -0.2) is 24.5 Å². The molecule has 1 atom stereocenters. The smallest absolute Gasteiger partial charge is 0.0854 e. The number of ether oxygens (including phenoxy) is 1. The van der Waals surface area contributed by atoms with Crippen LogP contribution < -0.4 is 0 Å². The second kappa shape index (κ2) is 3.12. The summed E-state index contributed by atoms with van der Waals surface area (Å²) >= 11 is 11.4. The summed E-state index contributed by atoms with van der Waals surface area (Å²) in [7, 11) is 0. The zero-order chi connectivity index (χ0) is 7.61. The van der Waals surface area contributed by atoms with E-state index in [1.165, 1.54) is 0 Å². The molecule has 1 rings (SSSR count). The maximum Gasteiger partial charge on any atom is 0.0854 e. The van der Waals surface area contributed by atoms with E-state index in [1.54, 1.807) is 6.08 Å². The number of hydrogen-bond acceptors (Lipinski definition) is 1. The molecule has 1 heterocycles. The highest BCUT2D eigenvalue weighted by atomic mass is 35.5. The zero-order valence-corrected chi connectivity index (χ0v) is 7.16. The molecule has 1 saturated heterocycles. The molecule has 0 aliphatic carbocycles. The molecule has 1 unspecified atom stereocenters. The van der Waals surface area contributed by atoms with E-state index >= 15 is 0 Å². The molecule has 10 heavy (non-hydrogen) atoms. The van der Waals surface area contributed by atoms with Crippen molar-refractivity contribution in [2.45, 2.75) is 6.10 Å². The average molecular weight is 181 g/mol. The Balaban J connectivity index is 2.56. The van der Waals surface area contributed by atoms with Crippen LogP contribution in [0.3, 0.4) is 0 Å². The van der Waals surface area contributed by atoms with E-state index in [2.05, 4.69) is 6.58 Å². The third kappa shape index (κ3) is 1.07. The minimum atomic E-state index is -0.0368. The van der Waals surface area contributed by atoms with Gasteiger partial charge in [0.2, 0.25) is 0 Å². The first-order chi connectivity index (χ1) is 4.79. The quantitative estimate of drug-likeness (QED) is 0.478. The summed E-state index contributed by atoms with van der Waals surface area (Å²) in [6.45, 7) is 4.29. The van der Waals surface area contributed by atoms with Gasteiger partial charge in [-0.15, -0.1) is 29.8 Å². The number of hydrogen-bond donors (Lipinski definition) is 0. The first-order valence-electron chi connectivity index (χ1n) is 3.15. The standard InChI is InChI=1S/C7H10Cl2O/c1-2-6-7(3-8,4-9)5-10-6/h2,6H,1,3-5H2. The van der Waals surface area contributed by atoms with Crippen molar-refractivity contribution in [2.75, 3.05) is 18.4 Å². The van der Waals surface area contributed by atoms with Crippen molar-refractivity contribution in [3.05, 3.63) is 12.7 Å². The van der Waals surface area contributed by atoms with E-state index in [9.17, 15) is 0 Å². The normalized spacial score (nSPS) is 29.2. The molecule has 0 radical (unpaired) electrons. The van der Waals surface area contributed by atoms with Gasteiger partial charge in [0, 0.05) is 11.8 Å². The van der Waals surface area contributed by atoms with Crippen molar-refractivity contribution in [1.82, 2.24) is 0 Å². The van der Waals surface area contributed by atoms with Gasteiger partial charge in [0.15, 0.2) is 0 Å². The Morgan fingerprint density at radius 3 is 2.30 bits per heavy atom. The maximum atomic E-state index is 5.72. The lowest BCUT2D eigenvalue weighted by molar-refractivity contribution is -0.135. The van der Waals surface area contributed by atoms with Crippen molar-refractivity contribution < 1.29 is 4.74 Å². The molecule has 0 aromatic heterocycles. The van der Waals surface area contributed by atoms with Gasteiger partial charge < -0.3 is 4.74 Å². The minimum absolute atomic E-state index is 0.0368. The molecule has 0 bridgehead atoms. The Hall–Kier alpha value is 0.280. The van der Waals surface area contributed by atoms with Crippen molar-refractivity contribution in [1.29, 1.82) is 0 Å². The van der Waals surface area contributed by atoms with Crippen LogP contribution in [0.25, 0.3) is 0 Å². The summed E-state index contributed by atoms with van der Waals surface area (Å²) < 4.78 is 5.19. The maximum absolute atomic E-state index is 5.72. The zero-order valence-electron chi connectivity index (χ0n) is 5.65. The summed E-state index contributed by atoms with van der Waals surface area (Å²) in [6, 6.07) is 0. The van der Waals surface area contributed by atoms with Crippen LogP contribution in [0.5, 0.6) is 0 Å². The third-order valence-electron chi connectivity index (χ3n) is 1.90. The van der Waals surface area contributed by atoms with Crippen LogP contribution in [0.4, 0.5) is 0 Å². The van der Waals surface area contributed by atoms with E-state index in [0.717, 1.165) is 0 Å². The number of rotatable bonds is 3. The van der Waals surface area contributed by atoms with Gasteiger partial charge in [-0.1, -0.05) is 6.08 Å². The third-order valence-corrected chi connectivity index (χ3v) is 2.96. The summed E-state index contributed by atoms with van der Waals surface area (Å²) in [4.78, 5) is 0. The fourth-order valence-corrected chi connectivity index (χ4v) is 1.74. The van der Waals surface area contributed by atoms with Crippen molar-refractivity contribution in [3.8, 4) is 0 Å². The molecule has 0 aromatic rings. The van der Waals surface area contributed by atoms with Crippen LogP contribution in [0.2, 0.25) is 0 Å². The monoisotopic (exact) mass is 180 g/mol. The van der Waals surface area contributed by atoms with E-state index in [0.29, 0.717) is 18.4 Å². The predicted octanol–water partition coefficient (Wildman–Crippen LogP) is 2.04. The molecule has 0 amide bonds. The second-order valence-electron chi connectivity index (χ2n) is 2.60. The van der Waals surface area contributed by atoms with Gasteiger partial charge in [-0.05, 0) is 0 Å². The molecule has 3 heteroatoms. The molecule has 1 nitrogen and oxygen atoms in total. The Labute approximate surface area is 71.0 Å². The van der Waals surface area contributed by atoms with Crippen LogP contribution >= 0.6 is 23.2 Å². The molecule has 0 spiro atoms. The largest absolute Gasteiger partial charge is 0.373 e. The molecule has 1 fully saturated rings. The van der Waals surface area contributed by atoms with Gasteiger partial charge in [0.25, 0.3) is 0 Å². The van der Waals surface area contributed by atoms with E-state index in [1.807, 2.05) is 0 Å². The Morgan fingerprint density at radius 2 is 2.20 bits per heavy atom. The van der Waals surface area contributed by atoms with E-state index < -0.39 is 0 Å². The molecule has 1 aliphatic rings. The summed E-state index contributed by atoms with van der Waals surface area (Å²) in [6.07, 6.45) is 1.82. The molecule has 0 aromatic carbocycles. The van der Waals surface area contributed by atoms with Crippen LogP contribution in [0.15, 0.2) is 12.7 Å². The summed E-state index contributed by atoms with van der Waals surface area (Å²) in [5, 5.41) is 0. The van der Waals surface area contributed by atoms with Gasteiger partial charge in [0.1, 0.15) is 0 Å². The van der Waals surface area contributed by atoms with Gasteiger partial charge in [-0.2, -0.15) is 0 Å². The number of alkyl halides is 2. The lowest BCUT2D eigenvalue weighted by Crippen LogP contribution is -2.53. The van der Waals surface area contributed by atoms with Crippen LogP contribution in [0.1, 0.15) is 0 Å². The molecule has 58 valence electrons. The lowest BCUT2D eigenvalue weighted by Gasteiger charge is -2.45. The SMILES string of the molecule is C=CC1OCC1(CCl)CCl. The Bertz CT molecular complexity index is 126. The highest BCUT2D eigenvalue weighted by molar-refractivity contribution is 6.21. The number of halogens is 2. The topological polar surface area (TPSA) is 9.23 Å². The first kappa shape index (κ1) is 8.38. The fourth-order valence-electron chi connectivity index (χ4n) is 0.998. The van der Waals surface area contributed by atoms with E-state index in [4.69, 9.17) is 27.9 Å². The first-order valence-corrected chi connectivity index (χ1v) is 4.22. The second-order valence-corrected chi connectivity index (χ2v) is 3.13. The van der Waals surface area contributed by atoms with Gasteiger partial charge in [-0.25, -0.2) is 0 Å². The molecular weight excluding hydrogens is 171 g/mol. The molecule has 1 aliphatic heterocycles. The lowest BCUT2D eigenvalue weighted by atomic mass is 9.82. The van der Waals surface area contributed by atoms with Gasteiger partial charge >= 0.3 is 0 Å². The Morgan fingerprint density at radius 1 is 1.60 bits per heavy atom. The minimum Gasteiger partial charge on any atom is -0.373 e. The van der Waals surface area contributed by atoms with Crippen LogP contribution in [0, 0.1) is 5.41 Å². The molecule has 0 N–H and O–H groups in total. The fraction of sp³-hybridized carbons (Fsp3) is 0.714. The summed E-state index contributed by atoms with van der Waals surface area (Å²) in [5.41, 5.74) is -0.0368. The summed E-state index contributed by atoms with van der Waals surface area (Å²) in [5.74, 6) is 1.10.